The summed E-state index contributed by atoms with van der Waals surface area (Å²) in [5.41, 5.74) is 14.4. The molecule has 1 amide bonds. The van der Waals surface area contributed by atoms with Gasteiger partial charge in [0.05, 0.1) is 5.41 Å². The van der Waals surface area contributed by atoms with Crippen LogP contribution in [0.3, 0.4) is 0 Å². The maximum atomic E-state index is 12.4. The number of aryl methyl sites for hydroxylation is 1. The van der Waals surface area contributed by atoms with E-state index in [9.17, 15) is 4.79 Å². The molecular formula is C20H21N7O. The van der Waals surface area contributed by atoms with Crippen molar-refractivity contribution in [3.8, 4) is 11.1 Å². The molecule has 0 aliphatic heterocycles. The maximum Gasteiger partial charge on any atom is 0.314 e. The number of nitrogens with zero attached hydrogens (tertiary/aromatic N) is 5. The Labute approximate surface area is 162 Å². The summed E-state index contributed by atoms with van der Waals surface area (Å²) in [6, 6.07) is 8.05. The molecule has 0 radical (unpaired) electrons. The zero-order chi connectivity index (χ0) is 19.7. The fraction of sp³-hybridized carbons (Fsp3) is 0.250. The summed E-state index contributed by atoms with van der Waals surface area (Å²) in [7, 11) is 1.75. The quantitative estimate of drug-likeness (QED) is 0.531. The first-order chi connectivity index (χ1) is 13.5. The van der Waals surface area contributed by atoms with Crippen LogP contribution in [0.1, 0.15) is 35.4 Å². The summed E-state index contributed by atoms with van der Waals surface area (Å²) in [4.78, 5) is 28.7. The number of carbonyl (C=O) groups is 1. The minimum atomic E-state index is -0.424. The van der Waals surface area contributed by atoms with Gasteiger partial charge in [-0.2, -0.15) is 4.99 Å². The number of anilines is 1. The number of aromatic nitrogens is 4. The van der Waals surface area contributed by atoms with Gasteiger partial charge in [-0.05, 0) is 24.0 Å². The van der Waals surface area contributed by atoms with Crippen molar-refractivity contribution in [2.45, 2.75) is 24.7 Å². The molecule has 2 heterocycles. The van der Waals surface area contributed by atoms with E-state index in [4.69, 9.17) is 11.5 Å². The molecule has 0 spiro atoms. The lowest BCUT2D eigenvalue weighted by molar-refractivity contribution is 0.0988. The van der Waals surface area contributed by atoms with E-state index >= 15 is 0 Å². The molecule has 0 saturated heterocycles. The van der Waals surface area contributed by atoms with E-state index in [0.29, 0.717) is 5.84 Å². The van der Waals surface area contributed by atoms with Crippen LogP contribution in [-0.2, 0) is 12.5 Å². The van der Waals surface area contributed by atoms with Gasteiger partial charge in [0.1, 0.15) is 5.84 Å². The number of imidazole rings is 1. The fourth-order valence-electron chi connectivity index (χ4n) is 3.53. The molecule has 8 heteroatoms. The molecular weight excluding hydrogens is 354 g/mol. The van der Waals surface area contributed by atoms with Gasteiger partial charge in [-0.1, -0.05) is 30.7 Å². The second-order valence-electron chi connectivity index (χ2n) is 7.01. The number of hydrogen-bond donors (Lipinski definition) is 2. The minimum Gasteiger partial charge on any atom is -0.386 e. The number of nitrogen functional groups attached to an aromatic ring is 1. The van der Waals surface area contributed by atoms with Crippen molar-refractivity contribution in [2.75, 3.05) is 5.73 Å². The Balaban J connectivity index is 1.62. The largest absolute Gasteiger partial charge is 0.386 e. The predicted molar refractivity (Wildman–Crippen MR) is 107 cm³/mol. The van der Waals surface area contributed by atoms with E-state index in [1.54, 1.807) is 36.4 Å². The third kappa shape index (κ3) is 3.02. The molecule has 8 nitrogen and oxygen atoms in total. The smallest absolute Gasteiger partial charge is 0.314 e. The second kappa shape index (κ2) is 6.88. The normalized spacial score (nSPS) is 15.8. The molecule has 0 bridgehead atoms. The number of hydrogen-bond acceptors (Lipinski definition) is 5. The molecule has 1 aliphatic carbocycles. The Kier molecular flexibility index (Phi) is 4.38. The van der Waals surface area contributed by atoms with Crippen LogP contribution >= 0.6 is 0 Å². The first-order valence-corrected chi connectivity index (χ1v) is 9.04. The molecule has 4 N–H and O–H groups in total. The van der Waals surface area contributed by atoms with Crippen LogP contribution < -0.4 is 11.5 Å². The zero-order valence-corrected chi connectivity index (χ0v) is 15.5. The number of aliphatic imine (C=N–C) groups is 1. The van der Waals surface area contributed by atoms with Crippen LogP contribution in [0, 0.1) is 0 Å². The number of amides is 1. The zero-order valence-electron chi connectivity index (χ0n) is 15.5. The summed E-state index contributed by atoms with van der Waals surface area (Å²) in [6.45, 7) is 0. The number of nitrogens with two attached hydrogens (primary N) is 2. The summed E-state index contributed by atoms with van der Waals surface area (Å²) in [6.07, 6.45) is 9.42. The Morgan fingerprint density at radius 2 is 1.79 bits per heavy atom. The Morgan fingerprint density at radius 3 is 2.32 bits per heavy atom. The lowest BCUT2D eigenvalue weighted by atomic mass is 9.63. The summed E-state index contributed by atoms with van der Waals surface area (Å²) in [5.74, 6) is 0.438. The van der Waals surface area contributed by atoms with Crippen LogP contribution in [-0.4, -0.2) is 31.3 Å². The summed E-state index contributed by atoms with van der Waals surface area (Å²) in [5, 5.41) is 0. The first kappa shape index (κ1) is 17.8. The topological polar surface area (TPSA) is 125 Å². The van der Waals surface area contributed by atoms with Crippen molar-refractivity contribution >= 4 is 17.7 Å². The van der Waals surface area contributed by atoms with Crippen LogP contribution in [0.15, 0.2) is 54.0 Å². The SMILES string of the molecule is Cn1ccnc1C(=O)N=C(N)C1(c2ccc(-c3cnc(N)nc3)cc2)CCC1. The second-order valence-corrected chi connectivity index (χ2v) is 7.01. The van der Waals surface area contributed by atoms with Gasteiger partial charge in [0.15, 0.2) is 0 Å². The van der Waals surface area contributed by atoms with Gasteiger partial charge in [-0.3, -0.25) is 4.79 Å². The van der Waals surface area contributed by atoms with E-state index in [2.05, 4.69) is 19.9 Å². The molecule has 0 unspecified atom stereocenters. The predicted octanol–water partition coefficient (Wildman–Crippen LogP) is 2.08. The molecule has 3 aromatic rings. The van der Waals surface area contributed by atoms with E-state index in [-0.39, 0.29) is 11.8 Å². The standard InChI is InChI=1S/C20H21N7O/c1-27-10-9-23-16(27)17(28)26-18(21)20(7-2-8-20)15-5-3-13(4-6-15)14-11-24-19(22)25-12-14/h3-6,9-12H,2,7-8H2,1H3,(H2,21,26,28)(H2,22,24,25). The summed E-state index contributed by atoms with van der Waals surface area (Å²) < 4.78 is 1.63. The van der Waals surface area contributed by atoms with Crippen molar-refractivity contribution in [3.63, 3.8) is 0 Å². The van der Waals surface area contributed by atoms with Crippen LogP contribution in [0.5, 0.6) is 0 Å². The van der Waals surface area contributed by atoms with Gasteiger partial charge in [-0.15, -0.1) is 0 Å². The van der Waals surface area contributed by atoms with Gasteiger partial charge in [0.2, 0.25) is 11.8 Å². The average Bonchev–Trinajstić information content (AvgIpc) is 3.08. The van der Waals surface area contributed by atoms with E-state index in [1.807, 2.05) is 24.3 Å². The van der Waals surface area contributed by atoms with E-state index in [0.717, 1.165) is 36.0 Å². The highest BCUT2D eigenvalue weighted by Crippen LogP contribution is 2.44. The molecule has 1 fully saturated rings. The van der Waals surface area contributed by atoms with Gasteiger partial charge in [-0.25, -0.2) is 15.0 Å². The van der Waals surface area contributed by atoms with Crippen molar-refractivity contribution < 1.29 is 4.79 Å². The number of carbonyl (C=O) groups excluding carboxylic acids is 1. The van der Waals surface area contributed by atoms with Gasteiger partial charge < -0.3 is 16.0 Å². The number of amidine groups is 1. The lowest BCUT2D eigenvalue weighted by Crippen LogP contribution is -2.47. The Bertz CT molecular complexity index is 1030. The molecule has 1 aromatic carbocycles. The molecule has 4 rings (SSSR count). The number of rotatable bonds is 4. The molecule has 0 atom stereocenters. The van der Waals surface area contributed by atoms with Gasteiger partial charge in [0.25, 0.3) is 0 Å². The minimum absolute atomic E-state index is 0.246. The lowest BCUT2D eigenvalue weighted by Gasteiger charge is -2.41. The maximum absolute atomic E-state index is 12.4. The van der Waals surface area contributed by atoms with E-state index < -0.39 is 11.3 Å². The van der Waals surface area contributed by atoms with Crippen molar-refractivity contribution in [1.82, 2.24) is 19.5 Å². The fourth-order valence-corrected chi connectivity index (χ4v) is 3.53. The first-order valence-electron chi connectivity index (χ1n) is 9.04. The van der Waals surface area contributed by atoms with Crippen LogP contribution in [0.25, 0.3) is 11.1 Å². The monoisotopic (exact) mass is 375 g/mol. The summed E-state index contributed by atoms with van der Waals surface area (Å²) >= 11 is 0. The van der Waals surface area contributed by atoms with Gasteiger partial charge >= 0.3 is 5.91 Å². The van der Waals surface area contributed by atoms with E-state index in [1.165, 1.54) is 0 Å². The molecule has 142 valence electrons. The Hall–Kier alpha value is -3.55. The highest BCUT2D eigenvalue weighted by molar-refractivity contribution is 6.05. The average molecular weight is 375 g/mol. The molecule has 2 aromatic heterocycles. The third-order valence-corrected chi connectivity index (χ3v) is 5.37. The third-order valence-electron chi connectivity index (χ3n) is 5.37. The molecule has 1 aliphatic rings. The van der Waals surface area contributed by atoms with Crippen LogP contribution in [0.4, 0.5) is 5.95 Å². The highest BCUT2D eigenvalue weighted by Gasteiger charge is 2.43. The van der Waals surface area contributed by atoms with Crippen molar-refractivity contribution in [1.29, 1.82) is 0 Å². The van der Waals surface area contributed by atoms with Crippen LogP contribution in [0.2, 0.25) is 0 Å². The van der Waals surface area contributed by atoms with Crippen molar-refractivity contribution in [3.05, 3.63) is 60.4 Å². The van der Waals surface area contributed by atoms with Crippen molar-refractivity contribution in [2.24, 2.45) is 17.8 Å². The van der Waals surface area contributed by atoms with Gasteiger partial charge in [0, 0.05) is 37.4 Å². The number of benzene rings is 1. The molecule has 1 saturated carbocycles. The molecule has 28 heavy (non-hydrogen) atoms. The highest BCUT2D eigenvalue weighted by atomic mass is 16.1. The Morgan fingerprint density at radius 1 is 1.11 bits per heavy atom.